The number of halogens is 1. The minimum Gasteiger partial charge on any atom is -0.339 e. The molecule has 2 unspecified atom stereocenters. The zero-order valence-electron chi connectivity index (χ0n) is 9.93. The first-order valence-corrected chi connectivity index (χ1v) is 6.71. The van der Waals surface area contributed by atoms with Crippen LogP contribution >= 0.6 is 15.9 Å². The molecule has 2 aromatic heterocycles. The van der Waals surface area contributed by atoms with Crippen molar-refractivity contribution in [1.82, 2.24) is 20.4 Å². The van der Waals surface area contributed by atoms with Gasteiger partial charge in [0.05, 0.1) is 5.92 Å². The predicted molar refractivity (Wildman–Crippen MR) is 70.1 cm³/mol. The predicted octanol–water partition coefficient (Wildman–Crippen LogP) is 2.36. The van der Waals surface area contributed by atoms with Crippen molar-refractivity contribution in [3.05, 3.63) is 28.8 Å². The summed E-state index contributed by atoms with van der Waals surface area (Å²) in [5, 5.41) is 7.41. The standard InChI is InChI=1S/C12H13BrN4O/c1-7-10(2-3-15-7)12-16-11(17-18-12)8-4-9(13)6-14-5-8/h4-7,10,15H,2-3H2,1H3. The second kappa shape index (κ2) is 4.78. The first kappa shape index (κ1) is 11.8. The molecule has 0 amide bonds. The van der Waals surface area contributed by atoms with Crippen molar-refractivity contribution in [2.24, 2.45) is 0 Å². The molecule has 1 saturated heterocycles. The fourth-order valence-electron chi connectivity index (χ4n) is 2.23. The maximum Gasteiger partial charge on any atom is 0.231 e. The van der Waals surface area contributed by atoms with Crippen LogP contribution in [0.4, 0.5) is 0 Å². The number of rotatable bonds is 2. The molecule has 1 aliphatic rings. The Morgan fingerprint density at radius 3 is 3.06 bits per heavy atom. The molecule has 3 rings (SSSR count). The van der Waals surface area contributed by atoms with Crippen molar-refractivity contribution in [3.63, 3.8) is 0 Å². The highest BCUT2D eigenvalue weighted by Gasteiger charge is 2.29. The van der Waals surface area contributed by atoms with Gasteiger partial charge in [0.15, 0.2) is 0 Å². The van der Waals surface area contributed by atoms with Crippen LogP contribution in [0, 0.1) is 0 Å². The number of nitrogens with one attached hydrogen (secondary N) is 1. The molecule has 6 heteroatoms. The first-order chi connectivity index (χ1) is 8.74. The Labute approximate surface area is 113 Å². The van der Waals surface area contributed by atoms with Gasteiger partial charge < -0.3 is 9.84 Å². The fourth-order valence-corrected chi connectivity index (χ4v) is 2.60. The third-order valence-electron chi connectivity index (χ3n) is 3.25. The van der Waals surface area contributed by atoms with Gasteiger partial charge in [-0.15, -0.1) is 0 Å². The van der Waals surface area contributed by atoms with E-state index in [4.69, 9.17) is 4.52 Å². The van der Waals surface area contributed by atoms with E-state index >= 15 is 0 Å². The Hall–Kier alpha value is -1.27. The zero-order chi connectivity index (χ0) is 12.5. The topological polar surface area (TPSA) is 63.8 Å². The van der Waals surface area contributed by atoms with E-state index < -0.39 is 0 Å². The van der Waals surface area contributed by atoms with Gasteiger partial charge >= 0.3 is 0 Å². The Kier molecular flexibility index (Phi) is 3.13. The zero-order valence-corrected chi connectivity index (χ0v) is 11.5. The van der Waals surface area contributed by atoms with E-state index in [1.807, 2.05) is 6.07 Å². The Bertz CT molecular complexity index is 557. The Morgan fingerprint density at radius 2 is 2.33 bits per heavy atom. The lowest BCUT2D eigenvalue weighted by Crippen LogP contribution is -2.21. The summed E-state index contributed by atoms with van der Waals surface area (Å²) in [5.41, 5.74) is 0.859. The van der Waals surface area contributed by atoms with Crippen LogP contribution in [0.3, 0.4) is 0 Å². The van der Waals surface area contributed by atoms with Gasteiger partial charge in [0, 0.05) is 28.5 Å². The molecule has 5 nitrogen and oxygen atoms in total. The maximum absolute atomic E-state index is 5.37. The smallest absolute Gasteiger partial charge is 0.231 e. The second-order valence-electron chi connectivity index (χ2n) is 4.49. The lowest BCUT2D eigenvalue weighted by Gasteiger charge is -2.08. The van der Waals surface area contributed by atoms with E-state index in [0.717, 1.165) is 23.0 Å². The van der Waals surface area contributed by atoms with Gasteiger partial charge in [0.1, 0.15) is 0 Å². The van der Waals surface area contributed by atoms with Crippen LogP contribution in [-0.4, -0.2) is 27.7 Å². The molecule has 94 valence electrons. The Morgan fingerprint density at radius 1 is 1.44 bits per heavy atom. The van der Waals surface area contributed by atoms with Crippen LogP contribution in [0.25, 0.3) is 11.4 Å². The minimum absolute atomic E-state index is 0.311. The molecular weight excluding hydrogens is 296 g/mol. The summed E-state index contributed by atoms with van der Waals surface area (Å²) in [7, 11) is 0. The van der Waals surface area contributed by atoms with Crippen molar-refractivity contribution < 1.29 is 4.52 Å². The van der Waals surface area contributed by atoms with Crippen LogP contribution < -0.4 is 5.32 Å². The van der Waals surface area contributed by atoms with E-state index in [-0.39, 0.29) is 0 Å². The molecule has 18 heavy (non-hydrogen) atoms. The average molecular weight is 309 g/mol. The Balaban J connectivity index is 1.89. The summed E-state index contributed by atoms with van der Waals surface area (Å²) in [5.74, 6) is 1.62. The van der Waals surface area contributed by atoms with Crippen molar-refractivity contribution in [1.29, 1.82) is 0 Å². The molecule has 0 radical (unpaired) electrons. The molecule has 1 N–H and O–H groups in total. The summed E-state index contributed by atoms with van der Waals surface area (Å²) in [6.45, 7) is 3.14. The number of hydrogen-bond acceptors (Lipinski definition) is 5. The van der Waals surface area contributed by atoms with Crippen molar-refractivity contribution in [2.75, 3.05) is 6.54 Å². The number of hydrogen-bond donors (Lipinski definition) is 1. The van der Waals surface area contributed by atoms with E-state index in [1.165, 1.54) is 0 Å². The monoisotopic (exact) mass is 308 g/mol. The average Bonchev–Trinajstić information content (AvgIpc) is 2.97. The molecule has 0 aromatic carbocycles. The minimum atomic E-state index is 0.311. The van der Waals surface area contributed by atoms with Gasteiger partial charge in [0.2, 0.25) is 11.7 Å². The third kappa shape index (κ3) is 2.18. The van der Waals surface area contributed by atoms with Crippen molar-refractivity contribution >= 4 is 15.9 Å². The number of aromatic nitrogens is 3. The van der Waals surface area contributed by atoms with Crippen molar-refractivity contribution in [3.8, 4) is 11.4 Å². The molecule has 2 aromatic rings. The van der Waals surface area contributed by atoms with E-state index in [9.17, 15) is 0 Å². The van der Waals surface area contributed by atoms with Gasteiger partial charge in [0.25, 0.3) is 0 Å². The second-order valence-corrected chi connectivity index (χ2v) is 5.40. The summed E-state index contributed by atoms with van der Waals surface area (Å²) in [6, 6.07) is 2.32. The van der Waals surface area contributed by atoms with E-state index in [2.05, 4.69) is 43.3 Å². The molecule has 1 fully saturated rings. The summed E-state index contributed by atoms with van der Waals surface area (Å²) in [4.78, 5) is 8.58. The third-order valence-corrected chi connectivity index (χ3v) is 3.68. The van der Waals surface area contributed by atoms with Gasteiger partial charge in [-0.1, -0.05) is 5.16 Å². The molecule has 0 spiro atoms. The molecule has 3 heterocycles. The van der Waals surface area contributed by atoms with Gasteiger partial charge in [-0.3, -0.25) is 4.98 Å². The summed E-state index contributed by atoms with van der Waals surface area (Å²) < 4.78 is 6.27. The molecule has 2 atom stereocenters. The van der Waals surface area contributed by atoms with E-state index in [0.29, 0.717) is 23.7 Å². The normalized spacial score (nSPS) is 23.4. The fraction of sp³-hybridized carbons (Fsp3) is 0.417. The van der Waals surface area contributed by atoms with Crippen LogP contribution in [0.5, 0.6) is 0 Å². The molecular formula is C12H13BrN4O. The lowest BCUT2D eigenvalue weighted by atomic mass is 10.0. The largest absolute Gasteiger partial charge is 0.339 e. The van der Waals surface area contributed by atoms with Gasteiger partial charge in [-0.2, -0.15) is 4.98 Å². The van der Waals surface area contributed by atoms with Crippen LogP contribution in [0.15, 0.2) is 27.5 Å². The van der Waals surface area contributed by atoms with Crippen LogP contribution in [-0.2, 0) is 0 Å². The van der Waals surface area contributed by atoms with E-state index in [1.54, 1.807) is 12.4 Å². The maximum atomic E-state index is 5.37. The number of nitrogens with zero attached hydrogens (tertiary/aromatic N) is 3. The SMILES string of the molecule is CC1NCCC1c1nc(-c2cncc(Br)c2)no1. The first-order valence-electron chi connectivity index (χ1n) is 5.92. The van der Waals surface area contributed by atoms with Gasteiger partial charge in [-0.25, -0.2) is 0 Å². The highest BCUT2D eigenvalue weighted by Crippen LogP contribution is 2.28. The molecule has 0 bridgehead atoms. The highest BCUT2D eigenvalue weighted by molar-refractivity contribution is 9.10. The summed E-state index contributed by atoms with van der Waals surface area (Å²) >= 11 is 3.38. The number of pyridine rings is 1. The quantitative estimate of drug-likeness (QED) is 0.922. The molecule has 0 aliphatic carbocycles. The van der Waals surface area contributed by atoms with Gasteiger partial charge in [-0.05, 0) is 41.9 Å². The highest BCUT2D eigenvalue weighted by atomic mass is 79.9. The van der Waals surface area contributed by atoms with Crippen molar-refractivity contribution in [2.45, 2.75) is 25.3 Å². The van der Waals surface area contributed by atoms with Crippen LogP contribution in [0.1, 0.15) is 25.2 Å². The summed E-state index contributed by atoms with van der Waals surface area (Å²) in [6.07, 6.45) is 4.50. The van der Waals surface area contributed by atoms with Crippen LogP contribution in [0.2, 0.25) is 0 Å². The molecule has 0 saturated carbocycles. The molecule has 1 aliphatic heterocycles. The lowest BCUT2D eigenvalue weighted by molar-refractivity contribution is 0.345.